The zero-order valence-electron chi connectivity index (χ0n) is 17.0. The number of ether oxygens (including phenoxy) is 1. The fraction of sp³-hybridized carbons (Fsp3) is 0.429. The summed E-state index contributed by atoms with van der Waals surface area (Å²) in [5.74, 6) is 1.27. The second-order valence-electron chi connectivity index (χ2n) is 7.61. The number of carbonyl (C=O) groups excluding carboxylic acids is 1. The van der Waals surface area contributed by atoms with E-state index in [1.54, 1.807) is 18.5 Å². The molecule has 0 aromatic carbocycles. The third-order valence-electron chi connectivity index (χ3n) is 5.73. The smallest absolute Gasteiger partial charge is 0.350 e. The van der Waals surface area contributed by atoms with Gasteiger partial charge in [-0.05, 0) is 38.3 Å². The number of likely N-dealkylation sites (tertiary alicyclic amines) is 1. The molecule has 2 aliphatic heterocycles. The maximum Gasteiger partial charge on any atom is 0.350 e. The fourth-order valence-electron chi connectivity index (χ4n) is 4.13. The molecule has 0 unspecified atom stereocenters. The molecule has 1 amide bonds. The fourth-order valence-corrected chi connectivity index (χ4v) is 4.13. The molecule has 0 radical (unpaired) electrons. The molecule has 0 spiro atoms. The van der Waals surface area contributed by atoms with E-state index in [4.69, 9.17) is 4.74 Å². The largest absolute Gasteiger partial charge is 0.488 e. The Hall–Kier alpha value is -3.36. The van der Waals surface area contributed by atoms with Crippen molar-refractivity contribution in [1.29, 1.82) is 0 Å². The first-order valence-electron chi connectivity index (χ1n) is 10.4. The maximum absolute atomic E-state index is 12.8. The van der Waals surface area contributed by atoms with Crippen LogP contribution in [0.2, 0.25) is 0 Å². The van der Waals surface area contributed by atoms with Crippen molar-refractivity contribution >= 4 is 23.1 Å². The van der Waals surface area contributed by atoms with Gasteiger partial charge in [-0.2, -0.15) is 0 Å². The Morgan fingerprint density at radius 2 is 2.00 bits per heavy atom. The van der Waals surface area contributed by atoms with Crippen molar-refractivity contribution in [2.75, 3.05) is 31.1 Å². The van der Waals surface area contributed by atoms with Gasteiger partial charge >= 0.3 is 5.69 Å². The Morgan fingerprint density at radius 1 is 1.17 bits per heavy atom. The summed E-state index contributed by atoms with van der Waals surface area (Å²) in [5.41, 5.74) is 1.87. The Kier molecular flexibility index (Phi) is 4.65. The van der Waals surface area contributed by atoms with E-state index >= 15 is 0 Å². The standard InChI is InChI=1S/C21H24N6O3/c1-2-27-21(29)26-9-6-16(13-18(26)23-27)25-10-11-30-17-12-15(14-22-19(17)25)20(28)24-7-4-3-5-8-24/h6,9,12-14H,2-5,7-8,10-11H2,1H3. The minimum atomic E-state index is -0.152. The monoisotopic (exact) mass is 408 g/mol. The highest BCUT2D eigenvalue weighted by Gasteiger charge is 2.25. The lowest BCUT2D eigenvalue weighted by molar-refractivity contribution is 0.0723. The van der Waals surface area contributed by atoms with E-state index in [1.807, 2.05) is 28.9 Å². The number of nitrogens with zero attached hydrogens (tertiary/aromatic N) is 6. The summed E-state index contributed by atoms with van der Waals surface area (Å²) in [5, 5.41) is 4.37. The van der Waals surface area contributed by atoms with Crippen LogP contribution in [0.5, 0.6) is 5.75 Å². The van der Waals surface area contributed by atoms with Crippen LogP contribution in [-0.4, -0.2) is 56.2 Å². The highest BCUT2D eigenvalue weighted by atomic mass is 16.5. The summed E-state index contributed by atoms with van der Waals surface area (Å²) >= 11 is 0. The molecule has 9 nitrogen and oxygen atoms in total. The number of anilines is 2. The number of amides is 1. The van der Waals surface area contributed by atoms with Gasteiger partial charge in [-0.15, -0.1) is 5.10 Å². The lowest BCUT2D eigenvalue weighted by atomic mass is 10.1. The molecule has 5 rings (SSSR count). The molecule has 0 aliphatic carbocycles. The van der Waals surface area contributed by atoms with Crippen molar-refractivity contribution in [2.45, 2.75) is 32.7 Å². The average molecular weight is 408 g/mol. The van der Waals surface area contributed by atoms with Gasteiger partial charge in [-0.1, -0.05) is 0 Å². The predicted octanol–water partition coefficient (Wildman–Crippen LogP) is 2.07. The lowest BCUT2D eigenvalue weighted by Gasteiger charge is -2.31. The van der Waals surface area contributed by atoms with Crippen molar-refractivity contribution in [1.82, 2.24) is 24.1 Å². The summed E-state index contributed by atoms with van der Waals surface area (Å²) in [6.45, 7) is 5.11. The van der Waals surface area contributed by atoms with Crippen LogP contribution in [0.15, 0.2) is 35.4 Å². The third-order valence-corrected chi connectivity index (χ3v) is 5.73. The highest BCUT2D eigenvalue weighted by Crippen LogP contribution is 2.35. The van der Waals surface area contributed by atoms with Gasteiger partial charge in [-0.25, -0.2) is 14.5 Å². The number of fused-ring (bicyclic) bond motifs is 2. The SMILES string of the molecule is CCn1nc2cc(N3CCOc4cc(C(=O)N5CCCCC5)cnc43)ccn2c1=O. The normalized spacial score (nSPS) is 16.4. The summed E-state index contributed by atoms with van der Waals surface area (Å²) in [4.78, 5) is 33.6. The number of hydrogen-bond donors (Lipinski definition) is 0. The first-order valence-corrected chi connectivity index (χ1v) is 10.4. The molecule has 0 atom stereocenters. The predicted molar refractivity (Wildman–Crippen MR) is 112 cm³/mol. The number of hydrogen-bond acceptors (Lipinski definition) is 6. The molecular weight excluding hydrogens is 384 g/mol. The van der Waals surface area contributed by atoms with E-state index in [0.29, 0.717) is 42.5 Å². The molecule has 1 fully saturated rings. The molecule has 0 saturated carbocycles. The van der Waals surface area contributed by atoms with Crippen LogP contribution in [0.3, 0.4) is 0 Å². The van der Waals surface area contributed by atoms with Crippen LogP contribution in [0.4, 0.5) is 11.5 Å². The number of aromatic nitrogens is 4. The maximum atomic E-state index is 12.8. The number of aryl methyl sites for hydroxylation is 1. The van der Waals surface area contributed by atoms with Gasteiger partial charge in [0.1, 0.15) is 6.61 Å². The van der Waals surface area contributed by atoms with E-state index in [9.17, 15) is 9.59 Å². The van der Waals surface area contributed by atoms with Crippen LogP contribution in [0.25, 0.3) is 5.65 Å². The van der Waals surface area contributed by atoms with E-state index < -0.39 is 0 Å². The molecule has 0 N–H and O–H groups in total. The Bertz CT molecular complexity index is 1160. The third kappa shape index (κ3) is 3.10. The molecule has 30 heavy (non-hydrogen) atoms. The van der Waals surface area contributed by atoms with Gasteiger partial charge in [-0.3, -0.25) is 9.20 Å². The Balaban J connectivity index is 1.47. The number of rotatable bonds is 3. The molecule has 156 valence electrons. The number of pyridine rings is 2. The van der Waals surface area contributed by atoms with E-state index in [2.05, 4.69) is 10.1 Å². The van der Waals surface area contributed by atoms with Crippen molar-refractivity contribution in [3.63, 3.8) is 0 Å². The molecule has 1 saturated heterocycles. The second-order valence-corrected chi connectivity index (χ2v) is 7.61. The van der Waals surface area contributed by atoms with Gasteiger partial charge in [0.15, 0.2) is 17.2 Å². The zero-order valence-corrected chi connectivity index (χ0v) is 17.0. The van der Waals surface area contributed by atoms with Crippen molar-refractivity contribution in [3.05, 3.63) is 46.6 Å². The average Bonchev–Trinajstić information content (AvgIpc) is 3.13. The zero-order chi connectivity index (χ0) is 20.7. The van der Waals surface area contributed by atoms with Crippen molar-refractivity contribution in [3.8, 4) is 5.75 Å². The topological polar surface area (TPSA) is 85.0 Å². The summed E-state index contributed by atoms with van der Waals surface area (Å²) in [6.07, 6.45) is 6.64. The molecule has 5 heterocycles. The minimum absolute atomic E-state index is 0.0108. The van der Waals surface area contributed by atoms with Gasteiger partial charge in [0.05, 0.1) is 12.1 Å². The van der Waals surface area contributed by atoms with Crippen LogP contribution in [-0.2, 0) is 6.54 Å². The van der Waals surface area contributed by atoms with E-state index in [1.165, 1.54) is 15.5 Å². The van der Waals surface area contributed by atoms with Crippen molar-refractivity contribution < 1.29 is 9.53 Å². The van der Waals surface area contributed by atoms with Crippen LogP contribution < -0.4 is 15.3 Å². The van der Waals surface area contributed by atoms with Crippen LogP contribution >= 0.6 is 0 Å². The van der Waals surface area contributed by atoms with Crippen LogP contribution in [0.1, 0.15) is 36.5 Å². The summed E-state index contributed by atoms with van der Waals surface area (Å²) in [6, 6.07) is 5.54. The molecule has 3 aromatic rings. The van der Waals surface area contributed by atoms with Crippen LogP contribution in [0, 0.1) is 0 Å². The van der Waals surface area contributed by atoms with Gasteiger partial charge in [0.25, 0.3) is 5.91 Å². The first-order chi connectivity index (χ1) is 14.7. The molecule has 3 aromatic heterocycles. The van der Waals surface area contributed by atoms with Gasteiger partial charge in [0, 0.05) is 43.8 Å². The molecule has 2 aliphatic rings. The Labute approximate surface area is 173 Å². The van der Waals surface area contributed by atoms with Gasteiger partial charge in [0.2, 0.25) is 0 Å². The first kappa shape index (κ1) is 18.7. The molecular formula is C21H24N6O3. The summed E-state index contributed by atoms with van der Waals surface area (Å²) in [7, 11) is 0. The molecule has 0 bridgehead atoms. The minimum Gasteiger partial charge on any atom is -0.488 e. The second kappa shape index (κ2) is 7.47. The summed E-state index contributed by atoms with van der Waals surface area (Å²) < 4.78 is 8.80. The number of carbonyl (C=O) groups is 1. The highest BCUT2D eigenvalue weighted by molar-refractivity contribution is 5.95. The Morgan fingerprint density at radius 3 is 2.80 bits per heavy atom. The number of piperidine rings is 1. The van der Waals surface area contributed by atoms with Gasteiger partial charge < -0.3 is 14.5 Å². The molecule has 9 heteroatoms. The quantitative estimate of drug-likeness (QED) is 0.660. The lowest BCUT2D eigenvalue weighted by Crippen LogP contribution is -2.36. The van der Waals surface area contributed by atoms with E-state index in [0.717, 1.165) is 31.6 Å². The van der Waals surface area contributed by atoms with E-state index in [-0.39, 0.29) is 11.6 Å². The van der Waals surface area contributed by atoms with Crippen molar-refractivity contribution in [2.24, 2.45) is 0 Å².